The summed E-state index contributed by atoms with van der Waals surface area (Å²) in [4.78, 5) is 26.0. The van der Waals surface area contributed by atoms with Crippen molar-refractivity contribution < 1.29 is 9.18 Å². The molecule has 0 saturated carbocycles. The highest BCUT2D eigenvalue weighted by Gasteiger charge is 2.09. The number of para-hydroxylation sites is 1. The third-order valence-electron chi connectivity index (χ3n) is 2.46. The van der Waals surface area contributed by atoms with Crippen LogP contribution in [0, 0.1) is 18.2 Å². The van der Waals surface area contributed by atoms with Crippen LogP contribution in [0.4, 0.5) is 14.9 Å². The summed E-state index contributed by atoms with van der Waals surface area (Å²) in [7, 11) is 0. The Kier molecular flexibility index (Phi) is 3.48. The van der Waals surface area contributed by atoms with Crippen molar-refractivity contribution in [2.45, 2.75) is 0 Å². The molecule has 0 aliphatic rings. The number of nitrogens with one attached hydrogen (secondary N) is 3. The monoisotopic (exact) mass is 259 g/mol. The molecule has 6 heteroatoms. The summed E-state index contributed by atoms with van der Waals surface area (Å²) in [6, 6.07) is 3.54. The van der Waals surface area contributed by atoms with Gasteiger partial charge in [0.15, 0.2) is 0 Å². The number of benzene rings is 1. The fourth-order valence-corrected chi connectivity index (χ4v) is 1.61. The number of amides is 2. The van der Waals surface area contributed by atoms with E-state index in [2.05, 4.69) is 21.5 Å². The second-order valence-electron chi connectivity index (χ2n) is 3.71. The van der Waals surface area contributed by atoms with Crippen molar-refractivity contribution in [2.24, 2.45) is 0 Å². The van der Waals surface area contributed by atoms with Crippen molar-refractivity contribution in [2.75, 3.05) is 11.9 Å². The number of halogens is 1. The topological polar surface area (TPSA) is 74.0 Å². The maximum absolute atomic E-state index is 13.4. The molecule has 2 rings (SSSR count). The highest BCUT2D eigenvalue weighted by Crippen LogP contribution is 2.13. The Morgan fingerprint density at radius 1 is 1.47 bits per heavy atom. The average Bonchev–Trinajstić information content (AvgIpc) is 2.40. The number of aromatic nitrogens is 1. The Balaban J connectivity index is 2.36. The van der Waals surface area contributed by atoms with Gasteiger partial charge in [-0.2, -0.15) is 0 Å². The smallest absolute Gasteiger partial charge is 0.320 e. The fraction of sp³-hybridized carbons (Fsp3) is 0.0769. The number of hydrogen-bond acceptors (Lipinski definition) is 2. The van der Waals surface area contributed by atoms with E-state index in [-0.39, 0.29) is 23.1 Å². The summed E-state index contributed by atoms with van der Waals surface area (Å²) >= 11 is 0. The molecule has 0 aliphatic carbocycles. The number of H-pyrrole nitrogens is 1. The van der Waals surface area contributed by atoms with Crippen LogP contribution in [0.2, 0.25) is 0 Å². The molecule has 19 heavy (non-hydrogen) atoms. The molecule has 0 fully saturated rings. The van der Waals surface area contributed by atoms with E-state index in [0.29, 0.717) is 0 Å². The van der Waals surface area contributed by atoms with Crippen molar-refractivity contribution in [1.82, 2.24) is 10.3 Å². The minimum atomic E-state index is -0.598. The van der Waals surface area contributed by atoms with Crippen molar-refractivity contribution in [1.29, 1.82) is 0 Å². The minimum absolute atomic E-state index is 0.0209. The molecule has 5 nitrogen and oxygen atoms in total. The van der Waals surface area contributed by atoms with Gasteiger partial charge in [-0.05, 0) is 12.1 Å². The fourth-order valence-electron chi connectivity index (χ4n) is 1.61. The standard InChI is InChI=1S/C13H10FN3O2/c1-2-6-15-13(19)17-10-7-16-11-8(12(10)18)4-3-5-9(11)14/h1,3-5,7H,6H2,(H,16,18)(H2,15,17,19). The number of pyridine rings is 1. The molecule has 0 saturated heterocycles. The zero-order valence-corrected chi connectivity index (χ0v) is 9.79. The van der Waals surface area contributed by atoms with E-state index in [1.807, 2.05) is 0 Å². The molecule has 0 unspecified atom stereocenters. The van der Waals surface area contributed by atoms with Crippen molar-refractivity contribution in [3.63, 3.8) is 0 Å². The third-order valence-corrected chi connectivity index (χ3v) is 2.46. The van der Waals surface area contributed by atoms with Crippen molar-refractivity contribution in [3.8, 4) is 12.3 Å². The maximum Gasteiger partial charge on any atom is 0.320 e. The highest BCUT2D eigenvalue weighted by molar-refractivity contribution is 5.92. The zero-order valence-electron chi connectivity index (χ0n) is 9.79. The van der Waals surface area contributed by atoms with Gasteiger partial charge in [-0.3, -0.25) is 4.79 Å². The van der Waals surface area contributed by atoms with E-state index < -0.39 is 17.3 Å². The summed E-state index contributed by atoms with van der Waals surface area (Å²) in [5.41, 5.74) is -0.348. The second kappa shape index (κ2) is 5.23. The number of anilines is 1. The van der Waals surface area contributed by atoms with Gasteiger partial charge < -0.3 is 15.6 Å². The number of urea groups is 1. The van der Waals surface area contributed by atoms with Gasteiger partial charge in [-0.1, -0.05) is 12.0 Å². The van der Waals surface area contributed by atoms with Gasteiger partial charge in [0, 0.05) is 6.20 Å². The Morgan fingerprint density at radius 3 is 3.00 bits per heavy atom. The molecule has 0 radical (unpaired) electrons. The van der Waals surface area contributed by atoms with E-state index in [9.17, 15) is 14.0 Å². The Labute approximate surface area is 107 Å². The summed E-state index contributed by atoms with van der Waals surface area (Å²) < 4.78 is 13.4. The molecule has 0 bridgehead atoms. The Bertz CT molecular complexity index is 731. The van der Waals surface area contributed by atoms with E-state index in [1.54, 1.807) is 0 Å². The molecular weight excluding hydrogens is 249 g/mol. The Morgan fingerprint density at radius 2 is 2.26 bits per heavy atom. The van der Waals surface area contributed by atoms with Gasteiger partial charge in [0.1, 0.15) is 11.5 Å². The highest BCUT2D eigenvalue weighted by atomic mass is 19.1. The summed E-state index contributed by atoms with van der Waals surface area (Å²) in [6.45, 7) is 0.0476. The van der Waals surface area contributed by atoms with Crippen molar-refractivity contribution >= 4 is 22.6 Å². The number of carbonyl (C=O) groups is 1. The number of terminal acetylenes is 1. The van der Waals surface area contributed by atoms with E-state index in [4.69, 9.17) is 6.42 Å². The van der Waals surface area contributed by atoms with Crippen LogP contribution in [0.3, 0.4) is 0 Å². The molecule has 0 atom stereocenters. The van der Waals surface area contributed by atoms with Gasteiger partial charge in [0.05, 0.1) is 17.4 Å². The summed E-state index contributed by atoms with van der Waals surface area (Å²) in [6.07, 6.45) is 6.23. The molecule has 1 aromatic carbocycles. The first-order valence-corrected chi connectivity index (χ1v) is 5.41. The molecule has 0 aliphatic heterocycles. The van der Waals surface area contributed by atoms with Crippen LogP contribution >= 0.6 is 0 Å². The van der Waals surface area contributed by atoms with E-state index in [1.165, 1.54) is 24.4 Å². The lowest BCUT2D eigenvalue weighted by atomic mass is 10.2. The van der Waals surface area contributed by atoms with Gasteiger partial charge in [-0.25, -0.2) is 9.18 Å². The minimum Gasteiger partial charge on any atom is -0.357 e. The molecule has 3 N–H and O–H groups in total. The molecule has 2 amide bonds. The largest absolute Gasteiger partial charge is 0.357 e. The maximum atomic E-state index is 13.4. The van der Waals surface area contributed by atoms with Crippen LogP contribution in [0.25, 0.3) is 10.9 Å². The molecule has 0 spiro atoms. The number of carbonyl (C=O) groups excluding carboxylic acids is 1. The van der Waals surface area contributed by atoms with E-state index >= 15 is 0 Å². The molecule has 96 valence electrons. The molecular formula is C13H10FN3O2. The number of aromatic amines is 1. The predicted molar refractivity (Wildman–Crippen MR) is 70.4 cm³/mol. The van der Waals surface area contributed by atoms with E-state index in [0.717, 1.165) is 0 Å². The van der Waals surface area contributed by atoms with Crippen LogP contribution in [-0.4, -0.2) is 17.6 Å². The van der Waals surface area contributed by atoms with Crippen LogP contribution in [-0.2, 0) is 0 Å². The average molecular weight is 259 g/mol. The van der Waals surface area contributed by atoms with Gasteiger partial charge in [0.2, 0.25) is 5.43 Å². The zero-order chi connectivity index (χ0) is 13.8. The normalized spacial score (nSPS) is 9.89. The summed E-state index contributed by atoms with van der Waals surface area (Å²) in [5.74, 6) is 1.70. The molecule has 1 heterocycles. The first-order chi connectivity index (χ1) is 9.13. The Hall–Kier alpha value is -2.81. The third kappa shape index (κ3) is 2.55. The lowest BCUT2D eigenvalue weighted by Crippen LogP contribution is -2.31. The van der Waals surface area contributed by atoms with Gasteiger partial charge >= 0.3 is 6.03 Å². The molecule has 2 aromatic rings. The summed E-state index contributed by atoms with van der Waals surface area (Å²) in [5, 5.41) is 4.86. The molecule has 1 aromatic heterocycles. The number of fused-ring (bicyclic) bond motifs is 1. The second-order valence-corrected chi connectivity index (χ2v) is 3.71. The lowest BCUT2D eigenvalue weighted by Gasteiger charge is -2.06. The first kappa shape index (κ1) is 12.6. The van der Waals surface area contributed by atoms with Gasteiger partial charge in [-0.15, -0.1) is 6.42 Å². The SMILES string of the molecule is C#CCNC(=O)Nc1c[nH]c2c(F)cccc2c1=O. The van der Waals surface area contributed by atoms with Crippen LogP contribution in [0.15, 0.2) is 29.2 Å². The van der Waals surface area contributed by atoms with Crippen LogP contribution in [0.5, 0.6) is 0 Å². The van der Waals surface area contributed by atoms with Crippen LogP contribution < -0.4 is 16.1 Å². The number of rotatable bonds is 2. The van der Waals surface area contributed by atoms with Gasteiger partial charge in [0.25, 0.3) is 0 Å². The first-order valence-electron chi connectivity index (χ1n) is 5.41. The quantitative estimate of drug-likeness (QED) is 0.713. The predicted octanol–water partition coefficient (Wildman–Crippen LogP) is 1.42. The lowest BCUT2D eigenvalue weighted by molar-refractivity contribution is 0.253. The number of hydrogen-bond donors (Lipinski definition) is 3. The van der Waals surface area contributed by atoms with Crippen molar-refractivity contribution in [3.05, 3.63) is 40.4 Å². The van der Waals surface area contributed by atoms with Crippen LogP contribution in [0.1, 0.15) is 0 Å².